The Kier molecular flexibility index (Phi) is 7.45. The highest BCUT2D eigenvalue weighted by atomic mass is 32.2. The summed E-state index contributed by atoms with van der Waals surface area (Å²) in [6, 6.07) is 15.5. The maximum absolute atomic E-state index is 13.8. The molecular weight excluding hydrogens is 500 g/mol. The predicted octanol–water partition coefficient (Wildman–Crippen LogP) is 3.83. The Bertz CT molecular complexity index is 1480. The summed E-state index contributed by atoms with van der Waals surface area (Å²) < 4.78 is 29.0. The van der Waals surface area contributed by atoms with Gasteiger partial charge in [-0.05, 0) is 88.6 Å². The SMILES string of the molecule is C=CC(=O)NC1CC(C)(C)N(S(=O)(=O)c2ccc(C(=O)NCCc3ccc4cccnc4c3)cc2)C1(C)C. The van der Waals surface area contributed by atoms with E-state index < -0.39 is 21.1 Å². The number of rotatable bonds is 8. The molecule has 3 aromatic rings. The fourth-order valence-electron chi connectivity index (χ4n) is 5.42. The van der Waals surface area contributed by atoms with Crippen LogP contribution in [0.15, 0.2) is 78.3 Å². The molecule has 0 spiro atoms. The second-order valence-corrected chi connectivity index (χ2v) is 12.6. The molecule has 38 heavy (non-hydrogen) atoms. The third kappa shape index (κ3) is 5.35. The van der Waals surface area contributed by atoms with Gasteiger partial charge in [-0.1, -0.05) is 24.8 Å². The number of aromatic nitrogens is 1. The molecule has 0 saturated carbocycles. The fourth-order valence-corrected chi connectivity index (χ4v) is 7.58. The number of amides is 2. The van der Waals surface area contributed by atoms with Crippen LogP contribution in [0.25, 0.3) is 10.9 Å². The number of hydrogen-bond donors (Lipinski definition) is 2. The monoisotopic (exact) mass is 534 g/mol. The summed E-state index contributed by atoms with van der Waals surface area (Å²) in [6.45, 7) is 11.2. The molecule has 9 heteroatoms. The van der Waals surface area contributed by atoms with Crippen LogP contribution in [0.4, 0.5) is 0 Å². The molecule has 4 rings (SSSR count). The molecule has 0 bridgehead atoms. The van der Waals surface area contributed by atoms with Crippen molar-refractivity contribution in [3.05, 3.63) is 84.6 Å². The van der Waals surface area contributed by atoms with E-state index in [1.54, 1.807) is 20.0 Å². The van der Waals surface area contributed by atoms with Crippen molar-refractivity contribution in [3.63, 3.8) is 0 Å². The molecule has 1 fully saturated rings. The Morgan fingerprint density at radius 3 is 2.50 bits per heavy atom. The van der Waals surface area contributed by atoms with Gasteiger partial charge in [-0.3, -0.25) is 14.6 Å². The highest BCUT2D eigenvalue weighted by molar-refractivity contribution is 7.89. The van der Waals surface area contributed by atoms with Crippen LogP contribution in [0.1, 0.15) is 50.0 Å². The number of carbonyl (C=O) groups is 2. The lowest BCUT2D eigenvalue weighted by Crippen LogP contribution is -2.56. The van der Waals surface area contributed by atoms with Crippen LogP contribution in [0.5, 0.6) is 0 Å². The van der Waals surface area contributed by atoms with Crippen LogP contribution in [-0.4, -0.2) is 53.2 Å². The number of fused-ring (bicyclic) bond motifs is 1. The van der Waals surface area contributed by atoms with Gasteiger partial charge in [0.25, 0.3) is 5.91 Å². The molecule has 1 atom stereocenters. The van der Waals surface area contributed by atoms with Gasteiger partial charge in [0.2, 0.25) is 15.9 Å². The zero-order valence-corrected chi connectivity index (χ0v) is 23.0. The van der Waals surface area contributed by atoms with E-state index in [0.29, 0.717) is 24.9 Å². The van der Waals surface area contributed by atoms with E-state index in [-0.39, 0.29) is 22.8 Å². The normalized spacial score (nSPS) is 18.7. The van der Waals surface area contributed by atoms with Gasteiger partial charge < -0.3 is 10.6 Å². The van der Waals surface area contributed by atoms with Crippen LogP contribution in [-0.2, 0) is 21.2 Å². The van der Waals surface area contributed by atoms with Crippen LogP contribution in [0.2, 0.25) is 0 Å². The standard InChI is InChI=1S/C29H34N4O4S/c1-6-26(34)32-25-19-28(2,3)33(29(25,4)5)38(36,37)23-13-11-22(12-14-23)27(35)31-17-15-20-9-10-21-8-7-16-30-24(21)18-20/h6-14,16,18,25H,1,15,17,19H2,2-5H3,(H,31,35)(H,32,34). The van der Waals surface area contributed by atoms with Crippen LogP contribution < -0.4 is 10.6 Å². The third-order valence-corrected chi connectivity index (χ3v) is 9.47. The summed E-state index contributed by atoms with van der Waals surface area (Å²) in [7, 11) is -3.92. The molecule has 1 aromatic heterocycles. The van der Waals surface area contributed by atoms with E-state index in [1.165, 1.54) is 34.6 Å². The van der Waals surface area contributed by atoms with Crippen molar-refractivity contribution in [3.8, 4) is 0 Å². The highest BCUT2D eigenvalue weighted by Crippen LogP contribution is 2.44. The van der Waals surface area contributed by atoms with E-state index in [2.05, 4.69) is 22.2 Å². The summed E-state index contributed by atoms with van der Waals surface area (Å²) >= 11 is 0. The minimum absolute atomic E-state index is 0.0922. The lowest BCUT2D eigenvalue weighted by Gasteiger charge is -2.40. The molecule has 1 aliphatic rings. The molecule has 2 heterocycles. The Morgan fingerprint density at radius 1 is 1.11 bits per heavy atom. The number of sulfonamides is 1. The van der Waals surface area contributed by atoms with E-state index in [1.807, 2.05) is 44.2 Å². The van der Waals surface area contributed by atoms with E-state index in [9.17, 15) is 18.0 Å². The van der Waals surface area contributed by atoms with Gasteiger partial charge in [0.1, 0.15) is 0 Å². The average molecular weight is 535 g/mol. The number of carbonyl (C=O) groups excluding carboxylic acids is 2. The van der Waals surface area contributed by atoms with E-state index >= 15 is 0 Å². The summed E-state index contributed by atoms with van der Waals surface area (Å²) in [5.41, 5.74) is 0.730. The zero-order chi connectivity index (χ0) is 27.7. The van der Waals surface area contributed by atoms with E-state index in [4.69, 9.17) is 0 Å². The van der Waals surface area contributed by atoms with Gasteiger partial charge in [-0.25, -0.2) is 8.42 Å². The number of nitrogens with zero attached hydrogens (tertiary/aromatic N) is 2. The molecule has 1 aliphatic heterocycles. The Balaban J connectivity index is 1.44. The first-order chi connectivity index (χ1) is 17.9. The third-order valence-electron chi connectivity index (χ3n) is 7.16. The minimum Gasteiger partial charge on any atom is -0.352 e. The second kappa shape index (κ2) is 10.3. The van der Waals surface area contributed by atoms with Crippen LogP contribution in [0, 0.1) is 0 Å². The van der Waals surface area contributed by atoms with Gasteiger partial charge in [0, 0.05) is 35.3 Å². The first-order valence-electron chi connectivity index (χ1n) is 12.6. The fraction of sp³-hybridized carbons (Fsp3) is 0.345. The highest BCUT2D eigenvalue weighted by Gasteiger charge is 2.57. The second-order valence-electron chi connectivity index (χ2n) is 10.8. The van der Waals surface area contributed by atoms with Gasteiger partial charge in [-0.2, -0.15) is 4.31 Å². The van der Waals surface area contributed by atoms with Crippen LogP contribution >= 0.6 is 0 Å². The Hall–Kier alpha value is -3.56. The quantitative estimate of drug-likeness (QED) is 0.427. The molecule has 1 saturated heterocycles. The molecular formula is C29H34N4O4S. The van der Waals surface area contributed by atoms with E-state index in [0.717, 1.165) is 16.5 Å². The topological polar surface area (TPSA) is 108 Å². The molecule has 200 valence electrons. The lowest BCUT2D eigenvalue weighted by atomic mass is 9.94. The van der Waals surface area contributed by atoms with Crippen molar-refractivity contribution in [2.24, 2.45) is 0 Å². The largest absolute Gasteiger partial charge is 0.352 e. The first-order valence-corrected chi connectivity index (χ1v) is 14.0. The van der Waals surface area contributed by atoms with Gasteiger partial charge in [0.15, 0.2) is 0 Å². The van der Waals surface area contributed by atoms with Crippen molar-refractivity contribution >= 4 is 32.7 Å². The average Bonchev–Trinajstić information content (AvgIpc) is 3.06. The van der Waals surface area contributed by atoms with Crippen molar-refractivity contribution in [2.75, 3.05) is 6.54 Å². The summed E-state index contributed by atoms with van der Waals surface area (Å²) in [4.78, 5) is 29.1. The molecule has 2 N–H and O–H groups in total. The van der Waals surface area contributed by atoms with Gasteiger partial charge in [0.05, 0.1) is 16.0 Å². The molecule has 1 unspecified atom stereocenters. The molecule has 8 nitrogen and oxygen atoms in total. The predicted molar refractivity (Wildman–Crippen MR) is 148 cm³/mol. The summed E-state index contributed by atoms with van der Waals surface area (Å²) in [5.74, 6) is -0.618. The smallest absolute Gasteiger partial charge is 0.251 e. The molecule has 2 amide bonds. The molecule has 2 aromatic carbocycles. The zero-order valence-electron chi connectivity index (χ0n) is 22.2. The number of pyridine rings is 1. The molecule has 0 aliphatic carbocycles. The Labute approximate surface area is 224 Å². The number of hydrogen-bond acceptors (Lipinski definition) is 5. The molecule has 0 radical (unpaired) electrons. The number of benzene rings is 2. The number of nitrogens with one attached hydrogen (secondary N) is 2. The first kappa shape index (κ1) is 27.5. The maximum Gasteiger partial charge on any atom is 0.251 e. The van der Waals surface area contributed by atoms with Crippen molar-refractivity contribution < 1.29 is 18.0 Å². The maximum atomic E-state index is 13.8. The van der Waals surface area contributed by atoms with Crippen molar-refractivity contribution in [2.45, 2.75) is 62.6 Å². The van der Waals surface area contributed by atoms with Gasteiger partial charge in [-0.15, -0.1) is 0 Å². The van der Waals surface area contributed by atoms with Gasteiger partial charge >= 0.3 is 0 Å². The minimum atomic E-state index is -3.92. The Morgan fingerprint density at radius 2 is 1.82 bits per heavy atom. The lowest BCUT2D eigenvalue weighted by molar-refractivity contribution is -0.117. The van der Waals surface area contributed by atoms with Crippen LogP contribution in [0.3, 0.4) is 0 Å². The van der Waals surface area contributed by atoms with Crippen molar-refractivity contribution in [1.82, 2.24) is 19.9 Å². The van der Waals surface area contributed by atoms with Crippen molar-refractivity contribution in [1.29, 1.82) is 0 Å². The summed E-state index contributed by atoms with van der Waals surface area (Å²) in [5, 5.41) is 6.83. The summed E-state index contributed by atoms with van der Waals surface area (Å²) in [6.07, 6.45) is 4.03.